The van der Waals surface area contributed by atoms with Crippen molar-refractivity contribution in [3.05, 3.63) is 34.3 Å². The maximum atomic E-state index is 12.3. The molecule has 1 aromatic rings. The zero-order valence-electron chi connectivity index (χ0n) is 10.2. The van der Waals surface area contributed by atoms with Crippen molar-refractivity contribution >= 4 is 27.8 Å². The van der Waals surface area contributed by atoms with Crippen LogP contribution in [0.2, 0.25) is 0 Å². The molecule has 1 rings (SSSR count). The highest BCUT2D eigenvalue weighted by molar-refractivity contribution is 9.10. The number of carbonyl (C=O) groups excluding carboxylic acids is 1. The molecule has 0 aliphatic rings. The van der Waals surface area contributed by atoms with E-state index in [-0.39, 0.29) is 18.9 Å². The van der Waals surface area contributed by atoms with Gasteiger partial charge in [0.2, 0.25) is 0 Å². The first-order chi connectivity index (χ1) is 8.56. The number of benzene rings is 1. The first-order valence-electron chi connectivity index (χ1n) is 5.81. The molecule has 0 bridgehead atoms. The molecule has 0 saturated carbocycles. The summed E-state index contributed by atoms with van der Waals surface area (Å²) >= 11 is 3.33. The maximum absolute atomic E-state index is 12.3. The van der Waals surface area contributed by atoms with Gasteiger partial charge in [-0.1, -0.05) is 19.1 Å². The fourth-order valence-corrected chi connectivity index (χ4v) is 2.07. The van der Waals surface area contributed by atoms with Crippen LogP contribution in [0.25, 0.3) is 0 Å². The third kappa shape index (κ3) is 4.14. The summed E-state index contributed by atoms with van der Waals surface area (Å²) < 4.78 is 0.728. The van der Waals surface area contributed by atoms with Gasteiger partial charge in [-0.3, -0.25) is 9.59 Å². The van der Waals surface area contributed by atoms with Crippen LogP contribution in [0.5, 0.6) is 0 Å². The Hall–Kier alpha value is -1.36. The van der Waals surface area contributed by atoms with E-state index in [9.17, 15) is 9.59 Å². The van der Waals surface area contributed by atoms with Crippen LogP contribution in [-0.4, -0.2) is 35.0 Å². The fraction of sp³-hybridized carbons (Fsp3) is 0.385. The highest BCUT2D eigenvalue weighted by atomic mass is 79.9. The summed E-state index contributed by atoms with van der Waals surface area (Å²) in [5, 5.41) is 8.69. The van der Waals surface area contributed by atoms with Crippen molar-refractivity contribution in [1.82, 2.24) is 4.90 Å². The summed E-state index contributed by atoms with van der Waals surface area (Å²) in [6.07, 6.45) is 0.770. The Kier molecular flexibility index (Phi) is 5.85. The average molecular weight is 314 g/mol. The van der Waals surface area contributed by atoms with Crippen LogP contribution in [0.4, 0.5) is 0 Å². The molecule has 0 spiro atoms. The van der Waals surface area contributed by atoms with Gasteiger partial charge in [0, 0.05) is 17.6 Å². The minimum Gasteiger partial charge on any atom is -0.481 e. The van der Waals surface area contributed by atoms with Crippen LogP contribution in [0.15, 0.2) is 28.7 Å². The molecule has 1 aromatic carbocycles. The zero-order valence-corrected chi connectivity index (χ0v) is 11.8. The quantitative estimate of drug-likeness (QED) is 0.878. The van der Waals surface area contributed by atoms with Crippen molar-refractivity contribution in [3.8, 4) is 0 Å². The number of carboxylic acid groups (broad SMARTS) is 1. The van der Waals surface area contributed by atoms with Gasteiger partial charge in [-0.05, 0) is 34.5 Å². The van der Waals surface area contributed by atoms with Crippen molar-refractivity contribution in [3.63, 3.8) is 0 Å². The molecule has 0 aromatic heterocycles. The van der Waals surface area contributed by atoms with Gasteiger partial charge in [0.05, 0.1) is 12.0 Å². The van der Waals surface area contributed by atoms with Crippen molar-refractivity contribution in [1.29, 1.82) is 0 Å². The molecule has 1 N–H and O–H groups in total. The van der Waals surface area contributed by atoms with E-state index >= 15 is 0 Å². The molecule has 0 heterocycles. The number of amides is 1. The highest BCUT2D eigenvalue weighted by Gasteiger charge is 2.17. The molecule has 0 aliphatic heterocycles. The number of halogens is 1. The zero-order chi connectivity index (χ0) is 13.5. The lowest BCUT2D eigenvalue weighted by Crippen LogP contribution is -2.33. The second kappa shape index (κ2) is 7.16. The standard InChI is InChI=1S/C13H16BrNO3/c1-2-8-15(9-7-12(16)17)13(18)10-5-3-4-6-11(10)14/h3-6H,2,7-9H2,1H3,(H,16,17). The minimum atomic E-state index is -0.893. The van der Waals surface area contributed by atoms with E-state index in [0.29, 0.717) is 12.1 Å². The summed E-state index contributed by atoms with van der Waals surface area (Å²) in [5.41, 5.74) is 0.566. The van der Waals surface area contributed by atoms with E-state index in [1.165, 1.54) is 0 Å². The Balaban J connectivity index is 2.82. The highest BCUT2D eigenvalue weighted by Crippen LogP contribution is 2.18. The van der Waals surface area contributed by atoms with Crippen LogP contribution in [0.3, 0.4) is 0 Å². The summed E-state index contributed by atoms with van der Waals surface area (Å²) in [5.74, 6) is -1.03. The molecule has 0 atom stereocenters. The summed E-state index contributed by atoms with van der Waals surface area (Å²) in [6.45, 7) is 2.76. The van der Waals surface area contributed by atoms with Crippen molar-refractivity contribution in [2.24, 2.45) is 0 Å². The molecule has 18 heavy (non-hydrogen) atoms. The van der Waals surface area contributed by atoms with E-state index < -0.39 is 5.97 Å². The normalized spacial score (nSPS) is 10.1. The minimum absolute atomic E-state index is 0.0316. The fourth-order valence-electron chi connectivity index (χ4n) is 1.62. The van der Waals surface area contributed by atoms with Crippen molar-refractivity contribution < 1.29 is 14.7 Å². The Morgan fingerprint density at radius 3 is 2.50 bits per heavy atom. The molecule has 98 valence electrons. The van der Waals surface area contributed by atoms with E-state index in [2.05, 4.69) is 15.9 Å². The van der Waals surface area contributed by atoms with E-state index in [0.717, 1.165) is 10.9 Å². The van der Waals surface area contributed by atoms with Crippen molar-refractivity contribution in [2.75, 3.05) is 13.1 Å². The predicted octanol–water partition coefficient (Wildman–Crippen LogP) is 2.78. The second-order valence-corrected chi connectivity index (χ2v) is 4.77. The Morgan fingerprint density at radius 2 is 1.94 bits per heavy atom. The SMILES string of the molecule is CCCN(CCC(=O)O)C(=O)c1ccccc1Br. The smallest absolute Gasteiger partial charge is 0.305 e. The lowest BCUT2D eigenvalue weighted by atomic mass is 10.2. The third-order valence-electron chi connectivity index (χ3n) is 2.48. The molecule has 0 fully saturated rings. The number of rotatable bonds is 6. The first kappa shape index (κ1) is 14.7. The number of carboxylic acids is 1. The van der Waals surface area contributed by atoms with E-state index in [1.54, 1.807) is 23.1 Å². The van der Waals surface area contributed by atoms with Crippen LogP contribution < -0.4 is 0 Å². The molecule has 0 aliphatic carbocycles. The number of carbonyl (C=O) groups is 2. The second-order valence-electron chi connectivity index (χ2n) is 3.92. The van der Waals surface area contributed by atoms with Crippen molar-refractivity contribution in [2.45, 2.75) is 19.8 Å². The van der Waals surface area contributed by atoms with Gasteiger partial charge < -0.3 is 10.0 Å². The van der Waals surface area contributed by atoms with Gasteiger partial charge in [0.1, 0.15) is 0 Å². The van der Waals surface area contributed by atoms with Gasteiger partial charge in [-0.2, -0.15) is 0 Å². The largest absolute Gasteiger partial charge is 0.481 e. The number of aliphatic carboxylic acids is 1. The van der Waals surface area contributed by atoms with Gasteiger partial charge in [-0.15, -0.1) is 0 Å². The molecule has 0 unspecified atom stereocenters. The van der Waals surface area contributed by atoms with Gasteiger partial charge >= 0.3 is 5.97 Å². The molecule has 0 saturated heterocycles. The molecular formula is C13H16BrNO3. The molecule has 0 radical (unpaired) electrons. The summed E-state index contributed by atoms with van der Waals surface area (Å²) in [4.78, 5) is 24.4. The molecule has 4 nitrogen and oxygen atoms in total. The lowest BCUT2D eigenvalue weighted by Gasteiger charge is -2.21. The van der Waals surface area contributed by atoms with Crippen LogP contribution in [-0.2, 0) is 4.79 Å². The topological polar surface area (TPSA) is 57.6 Å². The number of hydrogen-bond acceptors (Lipinski definition) is 2. The Morgan fingerprint density at radius 1 is 1.28 bits per heavy atom. The predicted molar refractivity (Wildman–Crippen MR) is 72.6 cm³/mol. The Labute approximate surface area is 115 Å². The van der Waals surface area contributed by atoms with Crippen LogP contribution >= 0.6 is 15.9 Å². The number of hydrogen-bond donors (Lipinski definition) is 1. The summed E-state index contributed by atoms with van der Waals surface area (Å²) in [7, 11) is 0. The van der Waals surface area contributed by atoms with Gasteiger partial charge in [0.15, 0.2) is 0 Å². The van der Waals surface area contributed by atoms with Gasteiger partial charge in [0.25, 0.3) is 5.91 Å². The first-order valence-corrected chi connectivity index (χ1v) is 6.61. The molecule has 5 heteroatoms. The maximum Gasteiger partial charge on any atom is 0.305 e. The third-order valence-corrected chi connectivity index (χ3v) is 3.17. The van der Waals surface area contributed by atoms with E-state index in [4.69, 9.17) is 5.11 Å². The summed E-state index contributed by atoms with van der Waals surface area (Å²) in [6, 6.07) is 7.16. The lowest BCUT2D eigenvalue weighted by molar-refractivity contribution is -0.137. The van der Waals surface area contributed by atoms with Crippen LogP contribution in [0.1, 0.15) is 30.1 Å². The average Bonchev–Trinajstić information content (AvgIpc) is 2.34. The van der Waals surface area contributed by atoms with E-state index in [1.807, 2.05) is 13.0 Å². The number of nitrogens with zero attached hydrogens (tertiary/aromatic N) is 1. The monoisotopic (exact) mass is 313 g/mol. The van der Waals surface area contributed by atoms with Gasteiger partial charge in [-0.25, -0.2) is 0 Å². The van der Waals surface area contributed by atoms with Crippen LogP contribution in [0, 0.1) is 0 Å². The molecular weight excluding hydrogens is 298 g/mol. The molecule has 1 amide bonds. The Bertz CT molecular complexity index is 434.